The van der Waals surface area contributed by atoms with E-state index in [0.717, 1.165) is 9.37 Å². The Labute approximate surface area is 176 Å². The fourth-order valence-corrected chi connectivity index (χ4v) is 3.99. The van der Waals surface area contributed by atoms with Gasteiger partial charge in [0.1, 0.15) is 12.3 Å². The van der Waals surface area contributed by atoms with Gasteiger partial charge in [-0.05, 0) is 28.1 Å². The highest BCUT2D eigenvalue weighted by molar-refractivity contribution is 9.11. The average Bonchev–Trinajstić information content (AvgIpc) is 3.05. The van der Waals surface area contributed by atoms with Crippen molar-refractivity contribution in [2.45, 2.75) is 6.04 Å². The lowest BCUT2D eigenvalue weighted by atomic mass is 10.1. The zero-order valence-electron chi connectivity index (χ0n) is 14.8. The van der Waals surface area contributed by atoms with E-state index in [1.54, 1.807) is 12.1 Å². The van der Waals surface area contributed by atoms with Gasteiger partial charge in [-0.3, -0.25) is 19.4 Å². The number of urea groups is 1. The molecule has 28 heavy (non-hydrogen) atoms. The molecule has 146 valence electrons. The van der Waals surface area contributed by atoms with Crippen molar-refractivity contribution in [1.29, 1.82) is 0 Å². The number of carbonyl (C=O) groups is 3. The van der Waals surface area contributed by atoms with Crippen molar-refractivity contribution < 1.29 is 19.5 Å². The van der Waals surface area contributed by atoms with Gasteiger partial charge >= 0.3 is 11.9 Å². The lowest BCUT2D eigenvalue weighted by Crippen LogP contribution is -2.63. The second-order valence-corrected chi connectivity index (χ2v) is 7.81. The maximum atomic E-state index is 12.4. The molecule has 3 rings (SSSR count). The van der Waals surface area contributed by atoms with Gasteiger partial charge in [0.2, 0.25) is 0 Å². The van der Waals surface area contributed by atoms with E-state index in [0.29, 0.717) is 10.0 Å². The van der Waals surface area contributed by atoms with Crippen LogP contribution in [0.25, 0.3) is 0 Å². The normalized spacial score (nSPS) is 18.8. The molecule has 0 aromatic heterocycles. The number of nitrogens with one attached hydrogen (secondary N) is 1. The van der Waals surface area contributed by atoms with Crippen LogP contribution in [0.5, 0.6) is 5.75 Å². The molecule has 2 N–H and O–H groups in total. The number of likely N-dealkylation sites (N-methyl/N-ethyl adjacent to an activating group) is 2. The van der Waals surface area contributed by atoms with Crippen LogP contribution in [-0.2, 0) is 9.59 Å². The summed E-state index contributed by atoms with van der Waals surface area (Å²) in [6.45, 7) is -0.190. The third-order valence-electron chi connectivity index (χ3n) is 4.17. The number of benzene rings is 1. The minimum Gasteiger partial charge on any atom is -0.506 e. The monoisotopic (exact) mass is 513 g/mol. The van der Waals surface area contributed by atoms with E-state index < -0.39 is 23.9 Å². The van der Waals surface area contributed by atoms with Crippen LogP contribution in [0.4, 0.5) is 4.79 Å². The topological polar surface area (TPSA) is 120 Å². The third-order valence-corrected chi connectivity index (χ3v) is 5.24. The minimum atomic E-state index is -0.840. The minimum absolute atomic E-state index is 0.0179. The highest BCUT2D eigenvalue weighted by Gasteiger charge is 2.53. The van der Waals surface area contributed by atoms with Gasteiger partial charge in [0, 0.05) is 17.1 Å². The summed E-state index contributed by atoms with van der Waals surface area (Å²) in [5.41, 5.74) is 2.73. The Morgan fingerprint density at radius 3 is 2.75 bits per heavy atom. The lowest BCUT2D eigenvalue weighted by molar-refractivity contribution is -0.131. The predicted octanol–water partition coefficient (Wildman–Crippen LogP) is 0.0693. The Morgan fingerprint density at radius 1 is 1.32 bits per heavy atom. The molecule has 0 radical (unpaired) electrons. The largest absolute Gasteiger partial charge is 0.506 e. The molecular weight excluding hydrogens is 500 g/mol. The SMILES string of the molecule is CN1C(=O)C2C(=[N+]=CN2CC(=O)N/N=C/c2cc(Br)cc(Br)c2O)N(C)C1=O. The fraction of sp³-hybridized carbons (Fsp3) is 0.250. The van der Waals surface area contributed by atoms with Gasteiger partial charge in [-0.2, -0.15) is 10.0 Å². The summed E-state index contributed by atoms with van der Waals surface area (Å²) in [6.07, 6.45) is 2.64. The number of amides is 4. The van der Waals surface area contributed by atoms with Gasteiger partial charge in [-0.25, -0.2) is 14.9 Å². The number of carbonyl (C=O) groups excluding carboxylic acids is 3. The molecule has 2 aliphatic rings. The van der Waals surface area contributed by atoms with E-state index in [1.165, 1.54) is 36.4 Å². The maximum absolute atomic E-state index is 12.4. The summed E-state index contributed by atoms with van der Waals surface area (Å²) in [4.78, 5) is 40.2. The number of phenols is 1. The van der Waals surface area contributed by atoms with Gasteiger partial charge < -0.3 is 5.11 Å². The van der Waals surface area contributed by atoms with E-state index in [9.17, 15) is 19.5 Å². The summed E-state index contributed by atoms with van der Waals surface area (Å²) >= 11 is 6.51. The second-order valence-electron chi connectivity index (χ2n) is 6.04. The summed E-state index contributed by atoms with van der Waals surface area (Å²) in [5, 5.41) is 13.8. The number of rotatable bonds is 4. The van der Waals surface area contributed by atoms with Crippen LogP contribution in [0.2, 0.25) is 0 Å². The molecule has 1 atom stereocenters. The zero-order valence-corrected chi connectivity index (χ0v) is 17.9. The van der Waals surface area contributed by atoms with Crippen molar-refractivity contribution in [3.05, 3.63) is 26.6 Å². The highest BCUT2D eigenvalue weighted by atomic mass is 79.9. The number of aromatic hydroxyl groups is 1. The number of imide groups is 1. The van der Waals surface area contributed by atoms with E-state index >= 15 is 0 Å². The molecule has 1 fully saturated rings. The molecule has 2 heterocycles. The van der Waals surface area contributed by atoms with Crippen LogP contribution in [0.1, 0.15) is 5.56 Å². The van der Waals surface area contributed by atoms with Crippen LogP contribution < -0.4 is 10.1 Å². The first-order chi connectivity index (χ1) is 13.2. The number of amidine groups is 1. The van der Waals surface area contributed by atoms with Gasteiger partial charge in [0.15, 0.2) is 0 Å². The first-order valence-electron chi connectivity index (χ1n) is 7.92. The number of hydrogen-bond donors (Lipinski definition) is 2. The number of hydrazone groups is 1. The Kier molecular flexibility index (Phi) is 5.54. The summed E-state index contributed by atoms with van der Waals surface area (Å²) < 4.78 is 5.28. The standard InChI is InChI=1S/C16H14Br2N6O4/c1-22-14-12(15(27)23(2)16(22)28)24(7-19-14)6-11(25)21-20-5-8-3-9(17)4-10(18)13(8)26/h3-5,7,12H,6H2,1-2H3,(H-,20,21,25,26)/p+1. The summed E-state index contributed by atoms with van der Waals surface area (Å²) in [7, 11) is 2.89. The number of hydrogen-bond acceptors (Lipinski definition) is 6. The van der Waals surface area contributed by atoms with E-state index in [4.69, 9.17) is 0 Å². The Morgan fingerprint density at radius 2 is 2.04 bits per heavy atom. The predicted molar refractivity (Wildman–Crippen MR) is 109 cm³/mol. The average molecular weight is 515 g/mol. The molecule has 0 bridgehead atoms. The first kappa shape index (κ1) is 20.1. The quantitative estimate of drug-likeness (QED) is 0.335. The number of fused-ring (bicyclic) bond motifs is 1. The van der Waals surface area contributed by atoms with Crippen LogP contribution >= 0.6 is 31.9 Å². The number of nitrogens with zero attached hydrogens (tertiary/aromatic N) is 5. The van der Waals surface area contributed by atoms with Crippen LogP contribution in [0.3, 0.4) is 0 Å². The molecule has 2 aliphatic heterocycles. The van der Waals surface area contributed by atoms with Crippen molar-refractivity contribution >= 4 is 68.1 Å². The highest BCUT2D eigenvalue weighted by Crippen LogP contribution is 2.30. The molecule has 12 heteroatoms. The van der Waals surface area contributed by atoms with Gasteiger partial charge in [-0.1, -0.05) is 15.9 Å². The maximum Gasteiger partial charge on any atom is 0.389 e. The van der Waals surface area contributed by atoms with Gasteiger partial charge in [0.25, 0.3) is 24.2 Å². The smallest absolute Gasteiger partial charge is 0.389 e. The molecule has 0 saturated carbocycles. The van der Waals surface area contributed by atoms with Crippen molar-refractivity contribution in [2.24, 2.45) is 5.10 Å². The molecule has 1 aromatic carbocycles. The molecule has 4 amide bonds. The van der Waals surface area contributed by atoms with E-state index in [-0.39, 0.29) is 18.1 Å². The zero-order chi connectivity index (χ0) is 20.6. The van der Waals surface area contributed by atoms with E-state index in [2.05, 4.69) is 47.1 Å². The molecular formula is C16H15Br2N6O4+. The Balaban J connectivity index is 1.64. The summed E-state index contributed by atoms with van der Waals surface area (Å²) in [6, 6.07) is 1.98. The van der Waals surface area contributed by atoms with Crippen molar-refractivity contribution in [1.82, 2.24) is 24.8 Å². The molecule has 0 spiro atoms. The number of halogens is 2. The molecule has 1 aromatic rings. The van der Waals surface area contributed by atoms with Crippen molar-refractivity contribution in [2.75, 3.05) is 20.6 Å². The summed E-state index contributed by atoms with van der Waals surface area (Å²) in [5.74, 6) is -0.702. The van der Waals surface area contributed by atoms with Crippen LogP contribution in [0.15, 0.2) is 26.2 Å². The molecule has 0 aliphatic carbocycles. The Hall–Kier alpha value is -2.69. The fourth-order valence-electron chi connectivity index (χ4n) is 2.73. The van der Waals surface area contributed by atoms with E-state index in [1.807, 2.05) is 0 Å². The Bertz CT molecular complexity index is 972. The molecule has 1 unspecified atom stereocenters. The second kappa shape index (κ2) is 7.74. The van der Waals surface area contributed by atoms with Gasteiger partial charge in [-0.15, -0.1) is 0 Å². The first-order valence-corrected chi connectivity index (χ1v) is 9.51. The molecule has 1 saturated heterocycles. The lowest BCUT2D eigenvalue weighted by Gasteiger charge is -2.29. The van der Waals surface area contributed by atoms with Crippen LogP contribution in [0, 0.1) is 0 Å². The number of phenolic OH excluding ortho intramolecular Hbond substituents is 1. The van der Waals surface area contributed by atoms with Gasteiger partial charge in [0.05, 0.1) is 17.7 Å². The van der Waals surface area contributed by atoms with Crippen LogP contribution in [-0.4, -0.2) is 82.7 Å². The molecule has 10 nitrogen and oxygen atoms in total. The third kappa shape index (κ3) is 3.66. The van der Waals surface area contributed by atoms with Crippen molar-refractivity contribution in [3.63, 3.8) is 0 Å². The van der Waals surface area contributed by atoms with Crippen molar-refractivity contribution in [3.8, 4) is 5.75 Å².